The van der Waals surface area contributed by atoms with Gasteiger partial charge in [-0.25, -0.2) is 9.18 Å². The maximum atomic E-state index is 13.4. The molecule has 0 radical (unpaired) electrons. The summed E-state index contributed by atoms with van der Waals surface area (Å²) in [7, 11) is 0. The summed E-state index contributed by atoms with van der Waals surface area (Å²) in [6.07, 6.45) is -0.371. The van der Waals surface area contributed by atoms with E-state index in [0.29, 0.717) is 13.1 Å². The van der Waals surface area contributed by atoms with Crippen LogP contribution in [-0.2, 0) is 11.3 Å². The van der Waals surface area contributed by atoms with Crippen molar-refractivity contribution >= 4 is 11.8 Å². The third-order valence-corrected chi connectivity index (χ3v) is 3.16. The van der Waals surface area contributed by atoms with E-state index in [-0.39, 0.29) is 18.0 Å². The summed E-state index contributed by atoms with van der Waals surface area (Å²) in [5, 5.41) is 3.23. The van der Waals surface area contributed by atoms with Crippen molar-refractivity contribution < 1.29 is 13.9 Å². The number of amides is 1. The largest absolute Gasteiger partial charge is 0.444 e. The number of nitrogens with zero attached hydrogens (tertiary/aromatic N) is 1. The molecule has 1 atom stereocenters. The first-order valence-electron chi connectivity index (χ1n) is 6.78. The Morgan fingerprint density at radius 3 is 2.80 bits per heavy atom. The van der Waals surface area contributed by atoms with E-state index >= 15 is 0 Å². The fourth-order valence-electron chi connectivity index (χ4n) is 2.14. The highest BCUT2D eigenvalue weighted by molar-refractivity contribution is 5.70. The number of hydrogen-bond acceptors (Lipinski definition) is 3. The molecule has 1 amide bonds. The number of anilines is 1. The van der Waals surface area contributed by atoms with Crippen molar-refractivity contribution in [1.82, 2.24) is 4.90 Å². The van der Waals surface area contributed by atoms with Crippen molar-refractivity contribution in [3.05, 3.63) is 29.6 Å². The molecule has 1 heterocycles. The Morgan fingerprint density at radius 1 is 1.45 bits per heavy atom. The van der Waals surface area contributed by atoms with Gasteiger partial charge in [-0.05, 0) is 51.5 Å². The maximum Gasteiger partial charge on any atom is 0.410 e. The van der Waals surface area contributed by atoms with Gasteiger partial charge in [-0.2, -0.15) is 0 Å². The van der Waals surface area contributed by atoms with Gasteiger partial charge < -0.3 is 10.1 Å². The average Bonchev–Trinajstić information content (AvgIpc) is 2.47. The number of halogens is 1. The molecule has 0 spiro atoms. The predicted molar refractivity (Wildman–Crippen MR) is 76.1 cm³/mol. The molecule has 1 aliphatic heterocycles. The smallest absolute Gasteiger partial charge is 0.410 e. The van der Waals surface area contributed by atoms with Gasteiger partial charge in [0, 0.05) is 18.3 Å². The summed E-state index contributed by atoms with van der Waals surface area (Å²) in [4.78, 5) is 13.9. The lowest BCUT2D eigenvalue weighted by Crippen LogP contribution is -2.43. The third kappa shape index (κ3) is 3.40. The van der Waals surface area contributed by atoms with E-state index in [4.69, 9.17) is 4.74 Å². The molecule has 2 rings (SSSR count). The molecule has 0 bridgehead atoms. The SMILES string of the molecule is CC1CNc2ccc(F)cc2CN1C(=O)OC(C)(C)C. The Morgan fingerprint density at radius 2 is 2.15 bits per heavy atom. The van der Waals surface area contributed by atoms with Gasteiger partial charge in [0.05, 0.1) is 6.54 Å². The van der Waals surface area contributed by atoms with Crippen LogP contribution in [-0.4, -0.2) is 29.2 Å². The average molecular weight is 280 g/mol. The lowest BCUT2D eigenvalue weighted by atomic mass is 10.1. The monoisotopic (exact) mass is 280 g/mol. The Balaban J connectivity index is 2.23. The number of ether oxygens (including phenoxy) is 1. The third-order valence-electron chi connectivity index (χ3n) is 3.16. The summed E-state index contributed by atoms with van der Waals surface area (Å²) < 4.78 is 18.8. The second-order valence-corrected chi connectivity index (χ2v) is 6.14. The highest BCUT2D eigenvalue weighted by atomic mass is 19.1. The Labute approximate surface area is 118 Å². The van der Waals surface area contributed by atoms with Crippen molar-refractivity contribution in [3.63, 3.8) is 0 Å². The van der Waals surface area contributed by atoms with Crippen molar-refractivity contribution in [3.8, 4) is 0 Å². The van der Waals surface area contributed by atoms with Crippen LogP contribution < -0.4 is 5.32 Å². The van der Waals surface area contributed by atoms with Crippen molar-refractivity contribution in [1.29, 1.82) is 0 Å². The number of hydrogen-bond donors (Lipinski definition) is 1. The van der Waals surface area contributed by atoms with Crippen LogP contribution in [0.4, 0.5) is 14.9 Å². The molecule has 4 nitrogen and oxygen atoms in total. The predicted octanol–water partition coefficient (Wildman–Crippen LogP) is 3.38. The van der Waals surface area contributed by atoms with Gasteiger partial charge in [-0.1, -0.05) is 0 Å². The number of nitrogens with one attached hydrogen (secondary N) is 1. The van der Waals surface area contributed by atoms with Gasteiger partial charge in [-0.15, -0.1) is 0 Å². The van der Waals surface area contributed by atoms with E-state index in [1.165, 1.54) is 12.1 Å². The Kier molecular flexibility index (Phi) is 3.88. The zero-order valence-electron chi connectivity index (χ0n) is 12.4. The second kappa shape index (κ2) is 5.31. The molecule has 110 valence electrons. The van der Waals surface area contributed by atoms with Crippen LogP contribution in [0.2, 0.25) is 0 Å². The fourth-order valence-corrected chi connectivity index (χ4v) is 2.14. The Hall–Kier alpha value is -1.78. The number of benzene rings is 1. The van der Waals surface area contributed by atoms with E-state index in [9.17, 15) is 9.18 Å². The lowest BCUT2D eigenvalue weighted by molar-refractivity contribution is 0.0171. The summed E-state index contributed by atoms with van der Waals surface area (Å²) in [5.74, 6) is -0.302. The molecule has 0 aliphatic carbocycles. The van der Waals surface area contributed by atoms with Gasteiger partial charge in [0.1, 0.15) is 11.4 Å². The van der Waals surface area contributed by atoms with Gasteiger partial charge in [0.25, 0.3) is 0 Å². The summed E-state index contributed by atoms with van der Waals surface area (Å²) in [6.45, 7) is 8.39. The first-order valence-corrected chi connectivity index (χ1v) is 6.78. The quantitative estimate of drug-likeness (QED) is 0.792. The van der Waals surface area contributed by atoms with E-state index in [0.717, 1.165) is 11.3 Å². The van der Waals surface area contributed by atoms with Gasteiger partial charge in [0.2, 0.25) is 0 Å². The maximum absolute atomic E-state index is 13.4. The first kappa shape index (κ1) is 14.6. The normalized spacial score (nSPS) is 18.9. The van der Waals surface area contributed by atoms with Crippen LogP contribution in [0, 0.1) is 5.82 Å². The summed E-state index contributed by atoms with van der Waals surface area (Å²) >= 11 is 0. The molecule has 1 N–H and O–H groups in total. The molecule has 0 aromatic heterocycles. The van der Waals surface area contributed by atoms with Crippen LogP contribution in [0.25, 0.3) is 0 Å². The minimum absolute atomic E-state index is 0.0275. The van der Waals surface area contributed by atoms with E-state index in [1.807, 2.05) is 27.7 Å². The van der Waals surface area contributed by atoms with Crippen molar-refractivity contribution in [2.45, 2.75) is 45.9 Å². The van der Waals surface area contributed by atoms with Gasteiger partial charge in [-0.3, -0.25) is 4.90 Å². The molecule has 0 saturated heterocycles. The second-order valence-electron chi connectivity index (χ2n) is 6.14. The molecular formula is C15H21FN2O2. The van der Waals surface area contributed by atoms with Gasteiger partial charge >= 0.3 is 6.09 Å². The van der Waals surface area contributed by atoms with E-state index in [2.05, 4.69) is 5.32 Å². The fraction of sp³-hybridized carbons (Fsp3) is 0.533. The Bertz CT molecular complexity index is 511. The lowest BCUT2D eigenvalue weighted by Gasteiger charge is -2.30. The topological polar surface area (TPSA) is 41.6 Å². The molecule has 1 unspecified atom stereocenters. The molecule has 1 aliphatic rings. The van der Waals surface area contributed by atoms with Crippen molar-refractivity contribution in [2.24, 2.45) is 0 Å². The van der Waals surface area contributed by atoms with Crippen molar-refractivity contribution in [2.75, 3.05) is 11.9 Å². The highest BCUT2D eigenvalue weighted by Crippen LogP contribution is 2.24. The van der Waals surface area contributed by atoms with Gasteiger partial charge in [0.15, 0.2) is 0 Å². The standard InChI is InChI=1S/C15H21FN2O2/c1-10-8-17-13-6-5-12(16)7-11(13)9-18(10)14(19)20-15(2,3)4/h5-7,10,17H,8-9H2,1-4H3. The highest BCUT2D eigenvalue weighted by Gasteiger charge is 2.28. The molecular weight excluding hydrogens is 259 g/mol. The molecule has 0 fully saturated rings. The number of carbonyl (C=O) groups excluding carboxylic acids is 1. The minimum Gasteiger partial charge on any atom is -0.444 e. The van der Waals surface area contributed by atoms with Crippen LogP contribution in [0.3, 0.4) is 0 Å². The zero-order chi connectivity index (χ0) is 14.9. The number of carbonyl (C=O) groups is 1. The molecule has 1 aromatic rings. The summed E-state index contributed by atoms with van der Waals surface area (Å²) in [6, 6.07) is 4.55. The zero-order valence-corrected chi connectivity index (χ0v) is 12.4. The van der Waals surface area contributed by atoms with Crippen LogP contribution in [0.15, 0.2) is 18.2 Å². The van der Waals surface area contributed by atoms with E-state index in [1.54, 1.807) is 11.0 Å². The van der Waals surface area contributed by atoms with Crippen LogP contribution in [0.1, 0.15) is 33.3 Å². The molecule has 20 heavy (non-hydrogen) atoms. The molecule has 0 saturated carbocycles. The van der Waals surface area contributed by atoms with Crippen LogP contribution in [0.5, 0.6) is 0 Å². The first-order chi connectivity index (χ1) is 9.26. The summed E-state index contributed by atoms with van der Waals surface area (Å²) in [5.41, 5.74) is 1.09. The number of fused-ring (bicyclic) bond motifs is 1. The molecule has 5 heteroatoms. The van der Waals surface area contributed by atoms with Crippen LogP contribution >= 0.6 is 0 Å². The molecule has 1 aromatic carbocycles. The van der Waals surface area contributed by atoms with E-state index < -0.39 is 5.60 Å². The number of rotatable bonds is 0. The minimum atomic E-state index is -0.540.